The number of unbranched alkanes of at least 4 members (excludes halogenated alkanes) is 10. The highest BCUT2D eigenvalue weighted by atomic mass is 16.7. The topological polar surface area (TPSA) is 76.0 Å². The summed E-state index contributed by atoms with van der Waals surface area (Å²) in [5.41, 5.74) is 3.08. The van der Waals surface area contributed by atoms with Crippen LogP contribution in [0.3, 0.4) is 0 Å². The highest BCUT2D eigenvalue weighted by Crippen LogP contribution is 2.47. The second kappa shape index (κ2) is 18.4. The lowest BCUT2D eigenvalue weighted by molar-refractivity contribution is 0.140. The van der Waals surface area contributed by atoms with Crippen molar-refractivity contribution in [3.05, 3.63) is 16.7 Å². The Morgan fingerprint density at radius 1 is 0.618 bits per heavy atom. The molecule has 0 aromatic heterocycles. The number of hydrogen-bond donors (Lipinski definition) is 2. The van der Waals surface area contributed by atoms with E-state index >= 15 is 0 Å². The molecule has 1 aromatic carbocycles. The number of phenols is 1. The van der Waals surface area contributed by atoms with Crippen LogP contribution in [0.25, 0.3) is 0 Å². The lowest BCUT2D eigenvalue weighted by Gasteiger charge is -2.24. The van der Waals surface area contributed by atoms with Crippen LogP contribution in [0.2, 0.25) is 0 Å². The summed E-state index contributed by atoms with van der Waals surface area (Å²) in [4.78, 5) is 11.6. The van der Waals surface area contributed by atoms with Crippen LogP contribution in [-0.2, 0) is 19.3 Å². The van der Waals surface area contributed by atoms with Crippen molar-refractivity contribution in [2.45, 2.75) is 137 Å². The van der Waals surface area contributed by atoms with E-state index in [0.717, 1.165) is 107 Å². The quantitative estimate of drug-likeness (QED) is 0.111. The monoisotopic (exact) mass is 478 g/mol. The Morgan fingerprint density at radius 3 is 1.62 bits per heavy atom. The molecule has 1 rings (SSSR count). The van der Waals surface area contributed by atoms with Crippen molar-refractivity contribution in [1.82, 2.24) is 0 Å². The highest BCUT2D eigenvalue weighted by molar-refractivity contribution is 5.70. The molecule has 0 aliphatic heterocycles. The summed E-state index contributed by atoms with van der Waals surface area (Å²) >= 11 is 0. The van der Waals surface area contributed by atoms with Crippen LogP contribution < -0.4 is 9.47 Å². The number of phenolic OH excluding ortho intramolecular Hbond substituents is 1. The van der Waals surface area contributed by atoms with Crippen LogP contribution in [0.5, 0.6) is 17.2 Å². The summed E-state index contributed by atoms with van der Waals surface area (Å²) in [6.07, 6.45) is 16.2. The molecule has 2 N–H and O–H groups in total. The van der Waals surface area contributed by atoms with Crippen molar-refractivity contribution in [3.8, 4) is 17.2 Å². The van der Waals surface area contributed by atoms with Gasteiger partial charge in [0.1, 0.15) is 0 Å². The Kier molecular flexibility index (Phi) is 16.3. The largest absolute Gasteiger partial charge is 0.511 e. The van der Waals surface area contributed by atoms with Crippen LogP contribution in [0.1, 0.15) is 134 Å². The predicted molar refractivity (Wildman–Crippen MR) is 141 cm³/mol. The van der Waals surface area contributed by atoms with Gasteiger partial charge in [0.15, 0.2) is 11.5 Å². The number of rotatable bonds is 20. The van der Waals surface area contributed by atoms with E-state index in [9.17, 15) is 15.0 Å². The van der Waals surface area contributed by atoms with Gasteiger partial charge in [-0.3, -0.25) is 0 Å². The maximum absolute atomic E-state index is 11.6. The average Bonchev–Trinajstić information content (AvgIpc) is 2.81. The van der Waals surface area contributed by atoms with E-state index in [1.807, 2.05) is 0 Å². The van der Waals surface area contributed by atoms with Crippen molar-refractivity contribution in [2.75, 3.05) is 6.61 Å². The molecule has 5 heteroatoms. The Balaban J connectivity index is 3.45. The summed E-state index contributed by atoms with van der Waals surface area (Å²) in [5.74, 6) is 0.417. The first-order chi connectivity index (χ1) is 16.5. The van der Waals surface area contributed by atoms with E-state index in [-0.39, 0.29) is 11.5 Å². The third-order valence-electron chi connectivity index (χ3n) is 6.48. The molecular formula is C29H50O5. The smallest absolute Gasteiger partial charge is 0.504 e. The summed E-state index contributed by atoms with van der Waals surface area (Å²) in [6, 6.07) is 0. The number of benzene rings is 1. The third kappa shape index (κ3) is 10.6. The molecule has 0 aliphatic rings. The second-order valence-corrected chi connectivity index (χ2v) is 9.44. The maximum Gasteiger partial charge on any atom is 0.511 e. The Hall–Kier alpha value is -1.91. The molecule has 0 fully saturated rings. The first kappa shape index (κ1) is 30.1. The van der Waals surface area contributed by atoms with Gasteiger partial charge in [-0.25, -0.2) is 4.79 Å². The minimum absolute atomic E-state index is 0.00158. The normalized spacial score (nSPS) is 11.1. The highest BCUT2D eigenvalue weighted by Gasteiger charge is 2.27. The van der Waals surface area contributed by atoms with E-state index < -0.39 is 6.16 Å². The molecule has 0 heterocycles. The fraction of sp³-hybridized carbons (Fsp3) is 0.759. The van der Waals surface area contributed by atoms with Gasteiger partial charge < -0.3 is 19.7 Å². The zero-order valence-electron chi connectivity index (χ0n) is 22.3. The summed E-state index contributed by atoms with van der Waals surface area (Å²) in [6.45, 7) is 9.23. The Bertz CT molecular complexity index is 698. The average molecular weight is 479 g/mol. The molecule has 0 amide bonds. The molecule has 196 valence electrons. The third-order valence-corrected chi connectivity index (χ3v) is 6.48. The van der Waals surface area contributed by atoms with Crippen LogP contribution >= 0.6 is 0 Å². The predicted octanol–water partition coefficient (Wildman–Crippen LogP) is 9.00. The van der Waals surface area contributed by atoms with E-state index in [1.165, 1.54) is 19.3 Å². The van der Waals surface area contributed by atoms with Gasteiger partial charge in [-0.15, -0.1) is 0 Å². The van der Waals surface area contributed by atoms with Crippen molar-refractivity contribution >= 4 is 6.16 Å². The molecule has 1 aromatic rings. The molecule has 0 bridgehead atoms. The molecular weight excluding hydrogens is 428 g/mol. The van der Waals surface area contributed by atoms with E-state index in [2.05, 4.69) is 27.7 Å². The van der Waals surface area contributed by atoms with Gasteiger partial charge in [0.05, 0.1) is 6.61 Å². The lowest BCUT2D eigenvalue weighted by Crippen LogP contribution is -2.12. The summed E-state index contributed by atoms with van der Waals surface area (Å²) < 4.78 is 11.4. The van der Waals surface area contributed by atoms with Crippen molar-refractivity contribution in [1.29, 1.82) is 0 Å². The van der Waals surface area contributed by atoms with Gasteiger partial charge in [-0.05, 0) is 50.5 Å². The fourth-order valence-corrected chi connectivity index (χ4v) is 4.55. The number of carbonyl (C=O) groups is 1. The minimum atomic E-state index is -1.42. The summed E-state index contributed by atoms with van der Waals surface area (Å²) in [7, 11) is 0. The van der Waals surface area contributed by atoms with Gasteiger partial charge in [-0.1, -0.05) is 91.9 Å². The van der Waals surface area contributed by atoms with Gasteiger partial charge in [0, 0.05) is 11.1 Å². The molecule has 0 unspecified atom stereocenters. The molecule has 5 nitrogen and oxygen atoms in total. The zero-order valence-corrected chi connectivity index (χ0v) is 22.3. The lowest BCUT2D eigenvalue weighted by atomic mass is 9.88. The second-order valence-electron chi connectivity index (χ2n) is 9.44. The van der Waals surface area contributed by atoms with Crippen molar-refractivity contribution < 1.29 is 24.5 Å². The standard InChI is InChI=1S/C29H50O5/c1-5-9-13-14-18-22-33-27-25(21-17-12-8-4)23(19-15-10-6-2)24(20-16-11-7-3)26(30)28(27)34-29(31)32/h30H,5-22H2,1-4H3,(H,31,32). The first-order valence-electron chi connectivity index (χ1n) is 13.9. The number of hydrogen-bond acceptors (Lipinski definition) is 4. The van der Waals surface area contributed by atoms with E-state index in [4.69, 9.17) is 9.47 Å². The molecule has 0 spiro atoms. The molecule has 0 radical (unpaired) electrons. The molecule has 0 aliphatic carbocycles. The maximum atomic E-state index is 11.6. The molecule has 0 atom stereocenters. The van der Waals surface area contributed by atoms with Gasteiger partial charge in [0.25, 0.3) is 0 Å². The Morgan fingerprint density at radius 2 is 1.09 bits per heavy atom. The summed E-state index contributed by atoms with van der Waals surface area (Å²) in [5, 5.41) is 20.7. The van der Waals surface area contributed by atoms with Gasteiger partial charge in [0.2, 0.25) is 5.75 Å². The molecule has 0 saturated heterocycles. The van der Waals surface area contributed by atoms with E-state index in [1.54, 1.807) is 0 Å². The zero-order chi connectivity index (χ0) is 25.2. The van der Waals surface area contributed by atoms with Crippen molar-refractivity contribution in [3.63, 3.8) is 0 Å². The van der Waals surface area contributed by atoms with E-state index in [0.29, 0.717) is 12.4 Å². The van der Waals surface area contributed by atoms with Crippen LogP contribution in [-0.4, -0.2) is 23.0 Å². The van der Waals surface area contributed by atoms with Crippen LogP contribution in [0, 0.1) is 0 Å². The van der Waals surface area contributed by atoms with Crippen LogP contribution in [0.4, 0.5) is 4.79 Å². The van der Waals surface area contributed by atoms with Gasteiger partial charge in [-0.2, -0.15) is 0 Å². The first-order valence-corrected chi connectivity index (χ1v) is 13.9. The Labute approximate surface area is 208 Å². The fourth-order valence-electron chi connectivity index (χ4n) is 4.55. The van der Waals surface area contributed by atoms with Crippen LogP contribution in [0.15, 0.2) is 0 Å². The minimum Gasteiger partial charge on any atom is -0.504 e. The van der Waals surface area contributed by atoms with Crippen molar-refractivity contribution in [2.24, 2.45) is 0 Å². The number of carboxylic acid groups (broad SMARTS) is 1. The molecule has 34 heavy (non-hydrogen) atoms. The SMILES string of the molecule is CCCCCCCOc1c(CCCCC)c(CCCCC)c(CCCCC)c(O)c1OC(=O)O. The number of ether oxygens (including phenoxy) is 2. The number of aromatic hydroxyl groups is 1. The van der Waals surface area contributed by atoms with Gasteiger partial charge >= 0.3 is 6.16 Å². The molecule has 0 saturated carbocycles.